The van der Waals surface area contributed by atoms with E-state index in [0.717, 1.165) is 45.1 Å². The highest BCUT2D eigenvalue weighted by Crippen LogP contribution is 2.34. The van der Waals surface area contributed by atoms with Crippen LogP contribution in [0.3, 0.4) is 0 Å². The highest BCUT2D eigenvalue weighted by molar-refractivity contribution is 5.85. The molecule has 1 amide bonds. The maximum Gasteiger partial charge on any atom is 0.237 e. The number of carbonyl (C=O) groups is 1. The molecule has 0 aliphatic heterocycles. The molecule has 0 spiro atoms. The Bertz CT molecular complexity index is 292. The van der Waals surface area contributed by atoms with Crippen LogP contribution in [-0.2, 0) is 9.53 Å². The van der Waals surface area contributed by atoms with Gasteiger partial charge in [-0.1, -0.05) is 13.3 Å². The third-order valence-electron chi connectivity index (χ3n) is 4.09. The van der Waals surface area contributed by atoms with E-state index in [4.69, 9.17) is 10.5 Å². The molecule has 2 aliphatic carbocycles. The van der Waals surface area contributed by atoms with Crippen LogP contribution in [0.15, 0.2) is 0 Å². The molecule has 0 aromatic carbocycles. The van der Waals surface area contributed by atoms with Crippen molar-refractivity contribution >= 4 is 5.91 Å². The summed E-state index contributed by atoms with van der Waals surface area (Å²) in [6, 6.07) is 0.506. The number of rotatable bonds is 7. The fourth-order valence-electron chi connectivity index (χ4n) is 2.81. The third-order valence-corrected chi connectivity index (χ3v) is 4.09. The first-order valence-corrected chi connectivity index (χ1v) is 7.35. The summed E-state index contributed by atoms with van der Waals surface area (Å²) in [5, 5.41) is 3.47. The largest absolute Gasteiger partial charge is 0.378 e. The van der Waals surface area contributed by atoms with Gasteiger partial charge < -0.3 is 15.8 Å². The number of primary amides is 1. The number of hydrogen-bond acceptors (Lipinski definition) is 3. The van der Waals surface area contributed by atoms with Gasteiger partial charge in [0.1, 0.15) is 5.54 Å². The van der Waals surface area contributed by atoms with Crippen molar-refractivity contribution in [2.45, 2.75) is 76.0 Å². The van der Waals surface area contributed by atoms with Gasteiger partial charge in [-0.05, 0) is 38.5 Å². The molecule has 4 nitrogen and oxygen atoms in total. The number of unbranched alkanes of at least 4 members (excludes halogenated alkanes) is 1. The lowest BCUT2D eigenvalue weighted by atomic mass is 9.79. The minimum atomic E-state index is -0.504. The van der Waals surface area contributed by atoms with Gasteiger partial charge in [0.05, 0.1) is 6.10 Å². The maximum absolute atomic E-state index is 11.8. The van der Waals surface area contributed by atoms with Crippen LogP contribution in [0.2, 0.25) is 0 Å². The topological polar surface area (TPSA) is 64.3 Å². The van der Waals surface area contributed by atoms with E-state index < -0.39 is 5.54 Å². The van der Waals surface area contributed by atoms with E-state index in [-0.39, 0.29) is 12.0 Å². The summed E-state index contributed by atoms with van der Waals surface area (Å²) in [6.07, 6.45) is 8.50. The molecular formula is C14H26N2O2. The quantitative estimate of drug-likeness (QED) is 0.680. The molecule has 4 heteroatoms. The van der Waals surface area contributed by atoms with Crippen molar-refractivity contribution in [1.82, 2.24) is 5.32 Å². The van der Waals surface area contributed by atoms with E-state index in [1.165, 1.54) is 12.8 Å². The van der Waals surface area contributed by atoms with Crippen molar-refractivity contribution in [1.29, 1.82) is 0 Å². The van der Waals surface area contributed by atoms with Gasteiger partial charge in [0.2, 0.25) is 5.91 Å². The molecule has 0 aromatic heterocycles. The van der Waals surface area contributed by atoms with Gasteiger partial charge in [-0.15, -0.1) is 0 Å². The molecular weight excluding hydrogens is 228 g/mol. The number of carbonyl (C=O) groups excluding carboxylic acids is 1. The van der Waals surface area contributed by atoms with Crippen LogP contribution in [0, 0.1) is 0 Å². The van der Waals surface area contributed by atoms with Gasteiger partial charge in [-0.2, -0.15) is 0 Å². The van der Waals surface area contributed by atoms with E-state index in [1.807, 2.05) is 0 Å². The molecule has 0 bridgehead atoms. The zero-order chi connectivity index (χ0) is 13.0. The summed E-state index contributed by atoms with van der Waals surface area (Å²) >= 11 is 0. The van der Waals surface area contributed by atoms with Crippen LogP contribution in [0.4, 0.5) is 0 Å². The Morgan fingerprint density at radius 3 is 2.83 bits per heavy atom. The normalized spacial score (nSPS) is 32.4. The Balaban J connectivity index is 1.90. The standard InChI is InChI=1S/C14H26N2O2/c1-2-3-9-18-12-5-4-8-14(10-12,13(15)17)16-11-6-7-11/h11-12,16H,2-10H2,1H3,(H2,15,17). The highest BCUT2D eigenvalue weighted by atomic mass is 16.5. The van der Waals surface area contributed by atoms with Gasteiger partial charge >= 0.3 is 0 Å². The second kappa shape index (κ2) is 6.02. The molecule has 2 unspecified atom stereocenters. The lowest BCUT2D eigenvalue weighted by molar-refractivity contribution is -0.128. The van der Waals surface area contributed by atoms with Crippen LogP contribution >= 0.6 is 0 Å². The van der Waals surface area contributed by atoms with E-state index in [0.29, 0.717) is 6.04 Å². The first-order chi connectivity index (χ1) is 8.66. The van der Waals surface area contributed by atoms with Crippen LogP contribution in [0.25, 0.3) is 0 Å². The maximum atomic E-state index is 11.8. The summed E-state index contributed by atoms with van der Waals surface area (Å²) in [4.78, 5) is 11.8. The van der Waals surface area contributed by atoms with Crippen LogP contribution < -0.4 is 11.1 Å². The second-order valence-corrected chi connectivity index (χ2v) is 5.81. The molecule has 104 valence electrons. The second-order valence-electron chi connectivity index (χ2n) is 5.81. The summed E-state index contributed by atoms with van der Waals surface area (Å²) in [6.45, 7) is 2.96. The van der Waals surface area contributed by atoms with Gasteiger partial charge in [0.25, 0.3) is 0 Å². The summed E-state index contributed by atoms with van der Waals surface area (Å²) < 4.78 is 5.88. The number of ether oxygens (including phenoxy) is 1. The molecule has 18 heavy (non-hydrogen) atoms. The predicted molar refractivity (Wildman–Crippen MR) is 71.2 cm³/mol. The van der Waals surface area contributed by atoms with Crippen molar-refractivity contribution in [3.05, 3.63) is 0 Å². The summed E-state index contributed by atoms with van der Waals surface area (Å²) in [5.74, 6) is -0.196. The van der Waals surface area contributed by atoms with Crippen molar-refractivity contribution in [2.75, 3.05) is 6.61 Å². The Morgan fingerprint density at radius 1 is 1.44 bits per heavy atom. The average molecular weight is 254 g/mol. The van der Waals surface area contributed by atoms with Crippen LogP contribution in [0.1, 0.15) is 58.3 Å². The number of nitrogens with two attached hydrogens (primary N) is 1. The molecule has 2 rings (SSSR count). The minimum Gasteiger partial charge on any atom is -0.378 e. The van der Waals surface area contributed by atoms with E-state index in [1.54, 1.807) is 0 Å². The number of nitrogens with one attached hydrogen (secondary N) is 1. The van der Waals surface area contributed by atoms with Gasteiger partial charge in [0.15, 0.2) is 0 Å². The summed E-state index contributed by atoms with van der Waals surface area (Å²) in [7, 11) is 0. The lowest BCUT2D eigenvalue weighted by Gasteiger charge is -2.39. The molecule has 0 radical (unpaired) electrons. The van der Waals surface area contributed by atoms with Crippen LogP contribution in [-0.4, -0.2) is 30.2 Å². The monoisotopic (exact) mass is 254 g/mol. The Kier molecular flexibility index (Phi) is 4.62. The Morgan fingerprint density at radius 2 is 2.22 bits per heavy atom. The molecule has 2 atom stereocenters. The smallest absolute Gasteiger partial charge is 0.237 e. The molecule has 2 saturated carbocycles. The molecule has 0 heterocycles. The van der Waals surface area contributed by atoms with E-state index in [9.17, 15) is 4.79 Å². The molecule has 0 aromatic rings. The van der Waals surface area contributed by atoms with Crippen molar-refractivity contribution in [3.8, 4) is 0 Å². The van der Waals surface area contributed by atoms with Gasteiger partial charge in [-0.3, -0.25) is 4.79 Å². The fourth-order valence-corrected chi connectivity index (χ4v) is 2.81. The third kappa shape index (κ3) is 3.45. The molecule has 3 N–H and O–H groups in total. The Labute approximate surface area is 110 Å². The molecule has 0 saturated heterocycles. The van der Waals surface area contributed by atoms with E-state index in [2.05, 4.69) is 12.2 Å². The van der Waals surface area contributed by atoms with Crippen LogP contribution in [0.5, 0.6) is 0 Å². The fraction of sp³-hybridized carbons (Fsp3) is 0.929. The number of hydrogen-bond donors (Lipinski definition) is 2. The zero-order valence-corrected chi connectivity index (χ0v) is 11.4. The first kappa shape index (κ1) is 13.8. The van der Waals surface area contributed by atoms with Crippen molar-refractivity contribution in [3.63, 3.8) is 0 Å². The molecule has 2 aliphatic rings. The van der Waals surface area contributed by atoms with Crippen molar-refractivity contribution in [2.24, 2.45) is 5.73 Å². The van der Waals surface area contributed by atoms with E-state index >= 15 is 0 Å². The molecule has 2 fully saturated rings. The van der Waals surface area contributed by atoms with Gasteiger partial charge in [-0.25, -0.2) is 0 Å². The SMILES string of the molecule is CCCCOC1CCCC(NC2CC2)(C(N)=O)C1. The van der Waals surface area contributed by atoms with Gasteiger partial charge in [0, 0.05) is 19.1 Å². The average Bonchev–Trinajstić information content (AvgIpc) is 3.13. The highest BCUT2D eigenvalue weighted by Gasteiger charge is 2.44. The van der Waals surface area contributed by atoms with Crippen molar-refractivity contribution < 1.29 is 9.53 Å². The minimum absolute atomic E-state index is 0.196. The predicted octanol–water partition coefficient (Wildman–Crippen LogP) is 1.72. The first-order valence-electron chi connectivity index (χ1n) is 7.35. The number of amides is 1. The Hall–Kier alpha value is -0.610. The zero-order valence-electron chi connectivity index (χ0n) is 11.4. The lowest BCUT2D eigenvalue weighted by Crippen LogP contribution is -2.59. The summed E-state index contributed by atoms with van der Waals surface area (Å²) in [5.41, 5.74) is 5.13.